The number of nitrogens with one attached hydrogen (secondary N) is 1. The molecule has 0 heterocycles. The molecular formula is C17H26N2O2. The van der Waals surface area contributed by atoms with Gasteiger partial charge in [0.05, 0.1) is 12.7 Å². The van der Waals surface area contributed by atoms with Crippen molar-refractivity contribution < 1.29 is 9.53 Å². The maximum Gasteiger partial charge on any atom is 0.253 e. The molecule has 0 unspecified atom stereocenters. The quantitative estimate of drug-likeness (QED) is 0.660. The summed E-state index contributed by atoms with van der Waals surface area (Å²) in [5.74, 6) is 1.11. The predicted octanol–water partition coefficient (Wildman–Crippen LogP) is 3.37. The Labute approximate surface area is 127 Å². The fourth-order valence-corrected chi connectivity index (χ4v) is 3.07. The van der Waals surface area contributed by atoms with Crippen LogP contribution in [0.2, 0.25) is 0 Å². The highest BCUT2D eigenvalue weighted by Gasteiger charge is 2.22. The van der Waals surface area contributed by atoms with Gasteiger partial charge in [-0.05, 0) is 43.9 Å². The lowest BCUT2D eigenvalue weighted by atomic mass is 9.93. The lowest BCUT2D eigenvalue weighted by Crippen LogP contribution is -2.38. The minimum atomic E-state index is -0.108. The van der Waals surface area contributed by atoms with Crippen LogP contribution in [0.4, 0.5) is 5.69 Å². The Kier molecular flexibility index (Phi) is 5.48. The van der Waals surface area contributed by atoms with Crippen LogP contribution in [0.25, 0.3) is 0 Å². The lowest BCUT2D eigenvalue weighted by Gasteiger charge is -2.24. The van der Waals surface area contributed by atoms with Crippen LogP contribution in [0.3, 0.4) is 0 Å². The van der Waals surface area contributed by atoms with Crippen LogP contribution in [-0.4, -0.2) is 19.1 Å². The molecule has 0 bridgehead atoms. The summed E-state index contributed by atoms with van der Waals surface area (Å²) in [6, 6.07) is 5.36. The molecule has 1 aliphatic carbocycles. The van der Waals surface area contributed by atoms with Gasteiger partial charge in [0.15, 0.2) is 0 Å². The molecule has 116 valence electrons. The second kappa shape index (κ2) is 7.34. The molecule has 1 aromatic rings. The summed E-state index contributed by atoms with van der Waals surface area (Å²) in [7, 11) is 1.58. The summed E-state index contributed by atoms with van der Waals surface area (Å²) in [4.78, 5) is 12.4. The molecule has 3 N–H and O–H groups in total. The Balaban J connectivity index is 2.03. The Bertz CT molecular complexity index is 480. The van der Waals surface area contributed by atoms with Gasteiger partial charge in [0, 0.05) is 11.7 Å². The topological polar surface area (TPSA) is 64.3 Å². The number of nitrogens with two attached hydrogens (primary N) is 1. The first-order valence-electron chi connectivity index (χ1n) is 7.86. The highest BCUT2D eigenvalue weighted by molar-refractivity contribution is 5.99. The van der Waals surface area contributed by atoms with Gasteiger partial charge in [-0.3, -0.25) is 4.79 Å². The fourth-order valence-electron chi connectivity index (χ4n) is 3.07. The van der Waals surface area contributed by atoms with Crippen LogP contribution < -0.4 is 15.8 Å². The van der Waals surface area contributed by atoms with E-state index in [0.29, 0.717) is 22.9 Å². The van der Waals surface area contributed by atoms with Gasteiger partial charge in [0.1, 0.15) is 5.75 Å². The molecule has 1 fully saturated rings. The molecule has 1 saturated carbocycles. The van der Waals surface area contributed by atoms with E-state index in [9.17, 15) is 4.79 Å². The number of hydrogen-bond acceptors (Lipinski definition) is 3. The molecule has 0 aliphatic heterocycles. The Morgan fingerprint density at radius 3 is 2.57 bits per heavy atom. The van der Waals surface area contributed by atoms with E-state index in [-0.39, 0.29) is 11.9 Å². The first kappa shape index (κ1) is 15.7. The van der Waals surface area contributed by atoms with Crippen molar-refractivity contribution in [3.8, 4) is 5.75 Å². The normalized spacial score (nSPS) is 17.8. The molecule has 0 spiro atoms. The van der Waals surface area contributed by atoms with E-state index in [4.69, 9.17) is 10.5 Å². The summed E-state index contributed by atoms with van der Waals surface area (Å²) in [6.45, 7) is 2.10. The van der Waals surface area contributed by atoms with E-state index in [1.165, 1.54) is 38.5 Å². The number of carbonyl (C=O) groups is 1. The van der Waals surface area contributed by atoms with Crippen LogP contribution in [0.15, 0.2) is 18.2 Å². The van der Waals surface area contributed by atoms with Crippen molar-refractivity contribution in [3.63, 3.8) is 0 Å². The molecule has 4 heteroatoms. The van der Waals surface area contributed by atoms with E-state index in [0.717, 1.165) is 0 Å². The zero-order valence-corrected chi connectivity index (χ0v) is 13.0. The van der Waals surface area contributed by atoms with Crippen LogP contribution in [0.5, 0.6) is 5.75 Å². The van der Waals surface area contributed by atoms with Gasteiger partial charge in [-0.15, -0.1) is 0 Å². The van der Waals surface area contributed by atoms with Crippen molar-refractivity contribution in [2.45, 2.75) is 51.5 Å². The van der Waals surface area contributed by atoms with Gasteiger partial charge in [0.2, 0.25) is 0 Å². The molecule has 0 radical (unpaired) electrons. The van der Waals surface area contributed by atoms with E-state index in [2.05, 4.69) is 12.2 Å². The van der Waals surface area contributed by atoms with Crippen molar-refractivity contribution in [1.29, 1.82) is 0 Å². The maximum atomic E-state index is 12.4. The summed E-state index contributed by atoms with van der Waals surface area (Å²) in [5, 5.41) is 3.11. The summed E-state index contributed by atoms with van der Waals surface area (Å²) >= 11 is 0. The average Bonchev–Trinajstić information content (AvgIpc) is 2.76. The second-order valence-electron chi connectivity index (χ2n) is 5.97. The molecule has 0 aromatic heterocycles. The molecule has 1 amide bonds. The number of benzene rings is 1. The van der Waals surface area contributed by atoms with Gasteiger partial charge in [0.25, 0.3) is 5.91 Å². The third-order valence-corrected chi connectivity index (χ3v) is 4.47. The zero-order valence-electron chi connectivity index (χ0n) is 13.0. The highest BCUT2D eigenvalue weighted by atomic mass is 16.5. The summed E-state index contributed by atoms with van der Waals surface area (Å²) < 4.78 is 5.16. The Morgan fingerprint density at radius 2 is 1.95 bits per heavy atom. The molecule has 1 aromatic carbocycles. The monoisotopic (exact) mass is 290 g/mol. The standard InChI is InChI=1S/C17H26N2O2/c1-12(13-7-5-3-4-6-8-13)19-17(20)15-11-14(21-2)9-10-16(15)18/h9-13H,3-8,18H2,1-2H3,(H,19,20)/t12-/m0/s1. The minimum Gasteiger partial charge on any atom is -0.497 e. The van der Waals surface area contributed by atoms with Crippen LogP contribution >= 0.6 is 0 Å². The number of rotatable bonds is 4. The van der Waals surface area contributed by atoms with Crippen LogP contribution in [-0.2, 0) is 0 Å². The fraction of sp³-hybridized carbons (Fsp3) is 0.588. The van der Waals surface area contributed by atoms with Gasteiger partial charge in [-0.25, -0.2) is 0 Å². The molecule has 0 saturated heterocycles. The van der Waals surface area contributed by atoms with Crippen molar-refractivity contribution in [2.24, 2.45) is 5.92 Å². The Hall–Kier alpha value is -1.71. The molecule has 2 rings (SSSR count). The van der Waals surface area contributed by atoms with Crippen molar-refractivity contribution in [2.75, 3.05) is 12.8 Å². The van der Waals surface area contributed by atoms with Crippen molar-refractivity contribution in [3.05, 3.63) is 23.8 Å². The first-order valence-corrected chi connectivity index (χ1v) is 7.86. The average molecular weight is 290 g/mol. The number of ether oxygens (including phenoxy) is 1. The third-order valence-electron chi connectivity index (χ3n) is 4.47. The number of carbonyl (C=O) groups excluding carboxylic acids is 1. The van der Waals surface area contributed by atoms with E-state index >= 15 is 0 Å². The van der Waals surface area contributed by atoms with Gasteiger partial charge in [-0.1, -0.05) is 25.7 Å². The maximum absolute atomic E-state index is 12.4. The number of amides is 1. The number of methoxy groups -OCH3 is 1. The van der Waals surface area contributed by atoms with Gasteiger partial charge < -0.3 is 15.8 Å². The van der Waals surface area contributed by atoms with Crippen molar-refractivity contribution >= 4 is 11.6 Å². The molecule has 1 aliphatic rings. The predicted molar refractivity (Wildman–Crippen MR) is 85.5 cm³/mol. The van der Waals surface area contributed by atoms with Crippen LogP contribution in [0.1, 0.15) is 55.8 Å². The van der Waals surface area contributed by atoms with Gasteiger partial charge >= 0.3 is 0 Å². The SMILES string of the molecule is COc1ccc(N)c(C(=O)N[C@@H](C)C2CCCCCC2)c1. The molecular weight excluding hydrogens is 264 g/mol. The van der Waals surface area contributed by atoms with E-state index in [1.807, 2.05) is 0 Å². The van der Waals surface area contributed by atoms with Gasteiger partial charge in [-0.2, -0.15) is 0 Å². The summed E-state index contributed by atoms with van der Waals surface area (Å²) in [5.41, 5.74) is 6.89. The van der Waals surface area contributed by atoms with Crippen LogP contribution in [0, 0.1) is 5.92 Å². The number of hydrogen-bond donors (Lipinski definition) is 2. The van der Waals surface area contributed by atoms with E-state index < -0.39 is 0 Å². The second-order valence-corrected chi connectivity index (χ2v) is 5.97. The Morgan fingerprint density at radius 1 is 1.29 bits per heavy atom. The summed E-state index contributed by atoms with van der Waals surface area (Å²) in [6.07, 6.45) is 7.59. The first-order chi connectivity index (χ1) is 10.1. The smallest absolute Gasteiger partial charge is 0.253 e. The van der Waals surface area contributed by atoms with Crippen molar-refractivity contribution in [1.82, 2.24) is 5.32 Å². The largest absolute Gasteiger partial charge is 0.497 e. The molecule has 1 atom stereocenters. The lowest BCUT2D eigenvalue weighted by molar-refractivity contribution is 0.0924. The minimum absolute atomic E-state index is 0.108. The number of nitrogen functional groups attached to an aromatic ring is 1. The number of anilines is 1. The highest BCUT2D eigenvalue weighted by Crippen LogP contribution is 2.26. The van der Waals surface area contributed by atoms with E-state index in [1.54, 1.807) is 25.3 Å². The molecule has 21 heavy (non-hydrogen) atoms. The molecule has 4 nitrogen and oxygen atoms in total. The third kappa shape index (κ3) is 4.13. The zero-order chi connectivity index (χ0) is 15.2.